The summed E-state index contributed by atoms with van der Waals surface area (Å²) in [6.45, 7) is 9.18. The molecule has 0 aromatic heterocycles. The summed E-state index contributed by atoms with van der Waals surface area (Å²) in [7, 11) is 0. The van der Waals surface area contributed by atoms with E-state index in [1.807, 2.05) is 0 Å². The van der Waals surface area contributed by atoms with Crippen LogP contribution in [0.3, 0.4) is 0 Å². The second kappa shape index (κ2) is 2.28. The predicted molar refractivity (Wildman–Crippen MR) is 71.2 cm³/mol. The molecule has 0 aromatic carbocycles. The highest BCUT2D eigenvalue weighted by atomic mass is 79.9. The molecule has 13 heavy (non-hydrogen) atoms. The third kappa shape index (κ3) is 0.734. The Balaban J connectivity index is 2.53. The fourth-order valence-corrected chi connectivity index (χ4v) is 10.3. The summed E-state index contributed by atoms with van der Waals surface area (Å²) in [5, 5.41) is 0. The zero-order chi connectivity index (χ0) is 10.5. The van der Waals surface area contributed by atoms with Gasteiger partial charge in [-0.05, 0) is 0 Å². The third-order valence-corrected chi connectivity index (χ3v) is 10.6. The minimum atomic E-state index is 0.0521. The molecule has 0 atom stereocenters. The normalized spacial score (nSPS) is 38.8. The van der Waals surface area contributed by atoms with E-state index < -0.39 is 0 Å². The van der Waals surface area contributed by atoms with Crippen molar-refractivity contribution in [1.82, 2.24) is 0 Å². The van der Waals surface area contributed by atoms with E-state index in [0.29, 0.717) is 0 Å². The van der Waals surface area contributed by atoms with Gasteiger partial charge in [0.25, 0.3) is 0 Å². The van der Waals surface area contributed by atoms with E-state index in [9.17, 15) is 0 Å². The molecule has 2 rings (SSSR count). The number of hydrogen-bond acceptors (Lipinski definition) is 0. The van der Waals surface area contributed by atoms with E-state index in [1.54, 1.807) is 0 Å². The van der Waals surface area contributed by atoms with Crippen LogP contribution in [0.25, 0.3) is 0 Å². The Labute approximate surface area is 113 Å². The van der Waals surface area contributed by atoms with Gasteiger partial charge < -0.3 is 0 Å². The van der Waals surface area contributed by atoms with Crippen LogP contribution in [-0.2, 0) is 0 Å². The first kappa shape index (κ1) is 11.4. The average molecular weight is 440 g/mol. The number of hydrogen-bond donors (Lipinski definition) is 0. The van der Waals surface area contributed by atoms with Crippen molar-refractivity contribution in [3.8, 4) is 0 Å². The van der Waals surface area contributed by atoms with Crippen molar-refractivity contribution >= 4 is 63.7 Å². The van der Waals surface area contributed by atoms with Gasteiger partial charge in [0.2, 0.25) is 0 Å². The highest BCUT2D eigenvalue weighted by Gasteiger charge is 3.04. The zero-order valence-electron chi connectivity index (χ0n) is 8.01. The SMILES string of the molecule is CC1(C)C(Br)(Br)C12C(C)(C)C2(Br)Br. The summed E-state index contributed by atoms with van der Waals surface area (Å²) in [6, 6.07) is 0. The molecule has 0 unspecified atom stereocenters. The molecule has 0 N–H and O–H groups in total. The Morgan fingerprint density at radius 3 is 0.769 bits per heavy atom. The molecule has 0 heterocycles. The van der Waals surface area contributed by atoms with Crippen LogP contribution >= 0.6 is 63.7 Å². The minimum Gasteiger partial charge on any atom is -0.0714 e. The number of rotatable bonds is 0. The van der Waals surface area contributed by atoms with E-state index in [4.69, 9.17) is 0 Å². The maximum absolute atomic E-state index is 3.80. The molecule has 0 nitrogen and oxygen atoms in total. The largest absolute Gasteiger partial charge is 0.0952 e. The van der Waals surface area contributed by atoms with Crippen molar-refractivity contribution < 1.29 is 0 Å². The van der Waals surface area contributed by atoms with E-state index in [2.05, 4.69) is 91.4 Å². The van der Waals surface area contributed by atoms with Crippen molar-refractivity contribution in [2.45, 2.75) is 34.2 Å². The molecule has 2 saturated carbocycles. The molecule has 0 aromatic rings. The molecular weight excluding hydrogens is 428 g/mol. The summed E-state index contributed by atoms with van der Waals surface area (Å²) in [5.41, 5.74) is 0.771. The van der Waals surface area contributed by atoms with E-state index >= 15 is 0 Å². The molecule has 2 aliphatic rings. The van der Waals surface area contributed by atoms with Crippen LogP contribution in [0.1, 0.15) is 27.7 Å². The van der Waals surface area contributed by atoms with Gasteiger partial charge >= 0.3 is 0 Å². The highest BCUT2D eigenvalue weighted by molar-refractivity contribution is 9.27. The summed E-state index contributed by atoms with van der Waals surface area (Å²) in [4.78, 5) is 0. The summed E-state index contributed by atoms with van der Waals surface area (Å²) >= 11 is 15.2. The maximum atomic E-state index is 3.80. The highest BCUT2D eigenvalue weighted by Crippen LogP contribution is 3.03. The van der Waals surface area contributed by atoms with Crippen molar-refractivity contribution in [2.75, 3.05) is 0 Å². The van der Waals surface area contributed by atoms with Crippen molar-refractivity contribution in [3.63, 3.8) is 0 Å². The van der Waals surface area contributed by atoms with Gasteiger partial charge in [-0.1, -0.05) is 91.4 Å². The molecule has 2 aliphatic carbocycles. The van der Waals surface area contributed by atoms with E-state index in [0.717, 1.165) is 0 Å². The van der Waals surface area contributed by atoms with Crippen molar-refractivity contribution in [1.29, 1.82) is 0 Å². The Bertz CT molecular complexity index is 226. The lowest BCUT2D eigenvalue weighted by atomic mass is 10.0. The van der Waals surface area contributed by atoms with Gasteiger partial charge in [-0.15, -0.1) is 0 Å². The Hall–Kier alpha value is 1.92. The van der Waals surface area contributed by atoms with E-state index in [1.165, 1.54) is 0 Å². The minimum absolute atomic E-state index is 0.0521. The third-order valence-electron chi connectivity index (χ3n) is 4.26. The fourth-order valence-electron chi connectivity index (χ4n) is 3.30. The van der Waals surface area contributed by atoms with Crippen LogP contribution in [0.15, 0.2) is 0 Å². The first-order valence-electron chi connectivity index (χ1n) is 4.26. The predicted octanol–water partition coefficient (Wildman–Crippen LogP) is 5.02. The first-order valence-corrected chi connectivity index (χ1v) is 7.43. The quantitative estimate of drug-likeness (QED) is 0.465. The second-order valence-electron chi connectivity index (χ2n) is 5.15. The smallest absolute Gasteiger partial charge is 0.0714 e. The van der Waals surface area contributed by atoms with Gasteiger partial charge in [-0.3, -0.25) is 0 Å². The number of alkyl halides is 4. The van der Waals surface area contributed by atoms with E-state index in [-0.39, 0.29) is 22.7 Å². The standard InChI is InChI=1S/C9H12Br4/c1-5(2)7(8(5,10)11)6(3,4)9(7,12)13/h1-4H3. The molecule has 0 bridgehead atoms. The molecule has 2 fully saturated rings. The van der Waals surface area contributed by atoms with Gasteiger partial charge in [0.05, 0.1) is 6.47 Å². The number of halogens is 4. The lowest BCUT2D eigenvalue weighted by molar-refractivity contribution is 0.451. The van der Waals surface area contributed by atoms with Gasteiger partial charge in [-0.2, -0.15) is 0 Å². The second-order valence-corrected chi connectivity index (χ2v) is 12.0. The molecule has 76 valence electrons. The Morgan fingerprint density at radius 1 is 0.615 bits per heavy atom. The van der Waals surface area contributed by atoms with Crippen LogP contribution in [-0.4, -0.2) is 6.47 Å². The Morgan fingerprint density at radius 2 is 0.769 bits per heavy atom. The average Bonchev–Trinajstić information content (AvgIpc) is 2.35. The molecular formula is C9H12Br4. The summed E-state index contributed by atoms with van der Waals surface area (Å²) in [5.74, 6) is 0. The molecule has 0 radical (unpaired) electrons. The van der Waals surface area contributed by atoms with Crippen LogP contribution in [0, 0.1) is 16.2 Å². The maximum Gasteiger partial charge on any atom is 0.0952 e. The first-order chi connectivity index (χ1) is 5.50. The molecule has 1 spiro atoms. The Kier molecular flexibility index (Phi) is 2.00. The molecule has 0 aliphatic heterocycles. The topological polar surface area (TPSA) is 0 Å². The van der Waals surface area contributed by atoms with Crippen molar-refractivity contribution in [3.05, 3.63) is 0 Å². The van der Waals surface area contributed by atoms with Crippen LogP contribution in [0.2, 0.25) is 0 Å². The molecule has 0 amide bonds. The molecule has 4 heteroatoms. The van der Waals surface area contributed by atoms with Gasteiger partial charge in [0, 0.05) is 16.2 Å². The van der Waals surface area contributed by atoms with Gasteiger partial charge in [0.15, 0.2) is 0 Å². The monoisotopic (exact) mass is 436 g/mol. The van der Waals surface area contributed by atoms with Crippen LogP contribution in [0.5, 0.6) is 0 Å². The zero-order valence-corrected chi connectivity index (χ0v) is 14.4. The summed E-state index contributed by atoms with van der Waals surface area (Å²) < 4.78 is 0.104. The summed E-state index contributed by atoms with van der Waals surface area (Å²) in [6.07, 6.45) is 0. The van der Waals surface area contributed by atoms with Crippen LogP contribution in [0.4, 0.5) is 0 Å². The van der Waals surface area contributed by atoms with Crippen molar-refractivity contribution in [2.24, 2.45) is 16.2 Å². The fraction of sp³-hybridized carbons (Fsp3) is 1.00. The van der Waals surface area contributed by atoms with Crippen LogP contribution < -0.4 is 0 Å². The van der Waals surface area contributed by atoms with Gasteiger partial charge in [-0.25, -0.2) is 0 Å². The lowest BCUT2D eigenvalue weighted by Gasteiger charge is -2.01. The lowest BCUT2D eigenvalue weighted by Crippen LogP contribution is -1.97. The molecule has 0 saturated heterocycles. The van der Waals surface area contributed by atoms with Gasteiger partial charge in [0.1, 0.15) is 0 Å².